The minimum atomic E-state index is 0. The summed E-state index contributed by atoms with van der Waals surface area (Å²) in [4.78, 5) is 6.95. The van der Waals surface area contributed by atoms with E-state index in [0.29, 0.717) is 18.1 Å². The third kappa shape index (κ3) is 3.07. The van der Waals surface area contributed by atoms with Crippen molar-refractivity contribution in [2.24, 2.45) is 16.6 Å². The zero-order valence-electron chi connectivity index (χ0n) is 10.6. The molecule has 3 atom stereocenters. The van der Waals surface area contributed by atoms with E-state index in [4.69, 9.17) is 15.5 Å². The molecule has 2 heterocycles. The van der Waals surface area contributed by atoms with Gasteiger partial charge in [0.15, 0.2) is 5.96 Å². The Bertz CT molecular complexity index is 310. The highest BCUT2D eigenvalue weighted by Gasteiger charge is 2.43. The Hall–Kier alpha value is 0.310. The Morgan fingerprint density at radius 3 is 2.83 bits per heavy atom. The van der Waals surface area contributed by atoms with Gasteiger partial charge >= 0.3 is 0 Å². The van der Waals surface area contributed by atoms with Gasteiger partial charge in [0, 0.05) is 37.1 Å². The normalized spacial score (nSPS) is 36.3. The van der Waals surface area contributed by atoms with E-state index in [2.05, 4.69) is 4.90 Å². The van der Waals surface area contributed by atoms with E-state index >= 15 is 0 Å². The average molecular weight is 383 g/mol. The number of aliphatic imine (C=N–C) groups is 1. The molecule has 0 aromatic carbocycles. The van der Waals surface area contributed by atoms with Crippen molar-refractivity contribution in [3.05, 3.63) is 0 Å². The second-order valence-electron chi connectivity index (χ2n) is 5.11. The van der Waals surface area contributed by atoms with Crippen LogP contribution in [-0.4, -0.2) is 54.2 Å². The van der Waals surface area contributed by atoms with Crippen LogP contribution < -0.4 is 5.73 Å². The van der Waals surface area contributed by atoms with Crippen molar-refractivity contribution in [2.45, 2.75) is 31.4 Å². The van der Waals surface area contributed by atoms with Gasteiger partial charge in [-0.3, -0.25) is 0 Å². The predicted octanol–water partition coefficient (Wildman–Crippen LogP) is 1.54. The first-order chi connectivity index (χ1) is 8.34. The van der Waals surface area contributed by atoms with E-state index in [1.165, 1.54) is 24.3 Å². The number of hydrogen-bond donors (Lipinski definition) is 1. The van der Waals surface area contributed by atoms with E-state index in [1.54, 1.807) is 0 Å². The van der Waals surface area contributed by atoms with Crippen molar-refractivity contribution in [1.29, 1.82) is 0 Å². The first kappa shape index (κ1) is 14.7. The van der Waals surface area contributed by atoms with E-state index < -0.39 is 0 Å². The minimum absolute atomic E-state index is 0. The van der Waals surface area contributed by atoms with Crippen LogP contribution in [0.15, 0.2) is 4.99 Å². The van der Waals surface area contributed by atoms with Gasteiger partial charge in [-0.05, 0) is 19.3 Å². The number of nitrogens with zero attached hydrogens (tertiary/aromatic N) is 2. The Labute approximate surface area is 130 Å². The lowest BCUT2D eigenvalue weighted by Crippen LogP contribution is -2.51. The highest BCUT2D eigenvalue weighted by Crippen LogP contribution is 2.39. The van der Waals surface area contributed by atoms with Gasteiger partial charge in [0.1, 0.15) is 0 Å². The maximum absolute atomic E-state index is 6.11. The topological polar surface area (TPSA) is 50.9 Å². The third-order valence-electron chi connectivity index (χ3n) is 4.09. The molecule has 2 N–H and O–H groups in total. The van der Waals surface area contributed by atoms with E-state index in [-0.39, 0.29) is 24.0 Å². The largest absolute Gasteiger partial charge is 0.378 e. The fourth-order valence-corrected chi connectivity index (χ4v) is 3.86. The Balaban J connectivity index is 0.00000120. The number of thioether (sulfide) groups is 1. The summed E-state index contributed by atoms with van der Waals surface area (Å²) < 4.78 is 5.71. The highest BCUT2D eigenvalue weighted by molar-refractivity contribution is 14.0. The average Bonchev–Trinajstić information content (AvgIpc) is 2.37. The summed E-state index contributed by atoms with van der Waals surface area (Å²) in [6, 6.07) is 0.426. The molecule has 104 valence electrons. The van der Waals surface area contributed by atoms with Crippen molar-refractivity contribution in [3.8, 4) is 0 Å². The number of rotatable bonds is 1. The molecule has 1 aliphatic carbocycles. The highest BCUT2D eigenvalue weighted by atomic mass is 127. The molecule has 6 heteroatoms. The fraction of sp³-hybridized carbons (Fsp3) is 0.917. The van der Waals surface area contributed by atoms with Crippen LogP contribution in [0.1, 0.15) is 19.3 Å². The second-order valence-corrected chi connectivity index (χ2v) is 6.33. The van der Waals surface area contributed by atoms with Gasteiger partial charge in [0.25, 0.3) is 0 Å². The van der Waals surface area contributed by atoms with Crippen LogP contribution in [-0.2, 0) is 4.74 Å². The molecule has 3 aliphatic rings. The summed E-state index contributed by atoms with van der Waals surface area (Å²) in [6.07, 6.45) is 4.01. The van der Waals surface area contributed by atoms with Gasteiger partial charge in [-0.15, -0.1) is 24.0 Å². The SMILES string of the molecule is I.NC(=NC1CC2OCCCC12)N1CCSCC1. The van der Waals surface area contributed by atoms with Gasteiger partial charge in [-0.1, -0.05) is 0 Å². The Morgan fingerprint density at radius 2 is 2.11 bits per heavy atom. The third-order valence-corrected chi connectivity index (χ3v) is 5.03. The molecule has 0 bridgehead atoms. The lowest BCUT2D eigenvalue weighted by molar-refractivity contribution is -0.0939. The smallest absolute Gasteiger partial charge is 0.191 e. The molecule has 0 amide bonds. The quantitative estimate of drug-likeness (QED) is 0.424. The van der Waals surface area contributed by atoms with Crippen LogP contribution in [0.4, 0.5) is 0 Å². The zero-order chi connectivity index (χ0) is 11.7. The maximum atomic E-state index is 6.11. The van der Waals surface area contributed by atoms with Gasteiger partial charge in [-0.25, -0.2) is 4.99 Å². The van der Waals surface area contributed by atoms with Gasteiger partial charge in [-0.2, -0.15) is 11.8 Å². The molecule has 0 aromatic rings. The molecule has 3 fully saturated rings. The molecule has 0 radical (unpaired) electrons. The van der Waals surface area contributed by atoms with Gasteiger partial charge in [0.2, 0.25) is 0 Å². The van der Waals surface area contributed by atoms with Gasteiger partial charge in [0.05, 0.1) is 12.1 Å². The summed E-state index contributed by atoms with van der Waals surface area (Å²) in [5.74, 6) is 3.76. The summed E-state index contributed by atoms with van der Waals surface area (Å²) in [7, 11) is 0. The van der Waals surface area contributed by atoms with Crippen LogP contribution in [0.2, 0.25) is 0 Å². The van der Waals surface area contributed by atoms with Crippen molar-refractivity contribution >= 4 is 41.7 Å². The number of guanidine groups is 1. The summed E-state index contributed by atoms with van der Waals surface area (Å²) in [5, 5.41) is 0. The molecule has 1 saturated carbocycles. The summed E-state index contributed by atoms with van der Waals surface area (Å²) in [5.41, 5.74) is 6.11. The molecular weight excluding hydrogens is 361 g/mol. The number of hydrogen-bond acceptors (Lipinski definition) is 3. The zero-order valence-corrected chi connectivity index (χ0v) is 13.7. The van der Waals surface area contributed by atoms with Crippen molar-refractivity contribution in [3.63, 3.8) is 0 Å². The predicted molar refractivity (Wildman–Crippen MR) is 86.8 cm³/mol. The van der Waals surface area contributed by atoms with Crippen molar-refractivity contribution < 1.29 is 4.74 Å². The van der Waals surface area contributed by atoms with Crippen molar-refractivity contribution in [2.75, 3.05) is 31.2 Å². The molecule has 4 nitrogen and oxygen atoms in total. The molecule has 3 rings (SSSR count). The maximum Gasteiger partial charge on any atom is 0.191 e. The van der Waals surface area contributed by atoms with E-state index in [9.17, 15) is 0 Å². The van der Waals surface area contributed by atoms with Crippen LogP contribution >= 0.6 is 35.7 Å². The number of halogens is 1. The lowest BCUT2D eigenvalue weighted by Gasteiger charge is -2.45. The van der Waals surface area contributed by atoms with E-state index in [0.717, 1.165) is 32.1 Å². The first-order valence-electron chi connectivity index (χ1n) is 6.62. The monoisotopic (exact) mass is 383 g/mol. The molecule has 0 aromatic heterocycles. The molecule has 18 heavy (non-hydrogen) atoms. The van der Waals surface area contributed by atoms with E-state index in [1.807, 2.05) is 11.8 Å². The summed E-state index contributed by atoms with van der Waals surface area (Å²) >= 11 is 2.00. The van der Waals surface area contributed by atoms with Crippen LogP contribution in [0.25, 0.3) is 0 Å². The lowest BCUT2D eigenvalue weighted by atomic mass is 9.73. The summed E-state index contributed by atoms with van der Waals surface area (Å²) in [6.45, 7) is 3.05. The van der Waals surface area contributed by atoms with Crippen molar-refractivity contribution in [1.82, 2.24) is 4.90 Å². The Kier molecular flexibility index (Phi) is 5.44. The molecule has 3 unspecified atom stereocenters. The first-order valence-corrected chi connectivity index (χ1v) is 7.77. The van der Waals surface area contributed by atoms with Gasteiger partial charge < -0.3 is 15.4 Å². The molecule has 0 spiro atoms. The number of fused-ring (bicyclic) bond motifs is 1. The standard InChI is InChI=1S/C12H21N3OS.HI/c13-12(15-3-6-17-7-4-15)14-10-8-11-9(10)2-1-5-16-11;/h9-11H,1-8H2,(H2,13,14);1H. The number of ether oxygens (including phenoxy) is 1. The minimum Gasteiger partial charge on any atom is -0.378 e. The number of nitrogens with two attached hydrogens (primary N) is 1. The molecule has 2 aliphatic heterocycles. The van der Waals surface area contributed by atoms with Crippen LogP contribution in [0.3, 0.4) is 0 Å². The second kappa shape index (κ2) is 6.65. The molecule has 2 saturated heterocycles. The Morgan fingerprint density at radius 1 is 1.33 bits per heavy atom. The van der Waals surface area contributed by atoms with Crippen LogP contribution in [0, 0.1) is 5.92 Å². The fourth-order valence-electron chi connectivity index (χ4n) is 2.96. The molecular formula is C12H22IN3OS. The van der Waals surface area contributed by atoms with Crippen LogP contribution in [0.5, 0.6) is 0 Å².